The van der Waals surface area contributed by atoms with Crippen LogP contribution in [0.15, 0.2) is 43.0 Å². The Morgan fingerprint density at radius 1 is 1.18 bits per heavy atom. The van der Waals surface area contributed by atoms with Crippen molar-refractivity contribution in [1.82, 2.24) is 19.6 Å². The van der Waals surface area contributed by atoms with E-state index >= 15 is 0 Å². The van der Waals surface area contributed by atoms with Gasteiger partial charge in [-0.2, -0.15) is 5.10 Å². The molecular formula is C23H22N6O4S. The minimum absolute atomic E-state index is 0.260. The zero-order valence-corrected chi connectivity index (χ0v) is 19.5. The number of nitrogens with zero attached hydrogens (tertiary/aromatic N) is 5. The highest BCUT2D eigenvalue weighted by Crippen LogP contribution is 2.32. The van der Waals surface area contributed by atoms with Crippen molar-refractivity contribution in [3.8, 4) is 10.4 Å². The summed E-state index contributed by atoms with van der Waals surface area (Å²) in [6.07, 6.45) is 6.64. The number of fused-ring (bicyclic) bond motifs is 1. The van der Waals surface area contributed by atoms with E-state index in [1.54, 1.807) is 23.7 Å². The van der Waals surface area contributed by atoms with Crippen LogP contribution in [-0.2, 0) is 9.47 Å². The standard InChI is InChI=1S/C23H22N6O4S/c1-14-18(9-16(11-25-14)23(31)32-2)27-21(30)17-12-26-29-13-19(34-22(17)29)15-3-4-24-20(10-15)28-5-7-33-8-6-28/h3-4,9-13H,5-8H2,1-2H3,(H,27,30). The van der Waals surface area contributed by atoms with Crippen LogP contribution in [0.4, 0.5) is 11.5 Å². The van der Waals surface area contributed by atoms with Gasteiger partial charge in [0.05, 0.1) is 53.9 Å². The van der Waals surface area contributed by atoms with E-state index in [9.17, 15) is 9.59 Å². The first-order valence-corrected chi connectivity index (χ1v) is 11.5. The lowest BCUT2D eigenvalue weighted by Crippen LogP contribution is -2.36. The molecule has 0 atom stereocenters. The summed E-state index contributed by atoms with van der Waals surface area (Å²) in [4.78, 5) is 37.5. The van der Waals surface area contributed by atoms with Crippen molar-refractivity contribution in [1.29, 1.82) is 0 Å². The summed E-state index contributed by atoms with van der Waals surface area (Å²) in [5.74, 6) is 0.0462. The van der Waals surface area contributed by atoms with Gasteiger partial charge < -0.3 is 19.7 Å². The van der Waals surface area contributed by atoms with Crippen LogP contribution in [0.3, 0.4) is 0 Å². The number of methoxy groups -OCH3 is 1. The number of anilines is 2. The van der Waals surface area contributed by atoms with Gasteiger partial charge >= 0.3 is 5.97 Å². The average Bonchev–Trinajstić information content (AvgIpc) is 3.47. The first-order valence-electron chi connectivity index (χ1n) is 10.7. The summed E-state index contributed by atoms with van der Waals surface area (Å²) in [5, 5.41) is 7.20. The van der Waals surface area contributed by atoms with Gasteiger partial charge in [-0.15, -0.1) is 11.3 Å². The van der Waals surface area contributed by atoms with Crippen molar-refractivity contribution in [2.24, 2.45) is 0 Å². The Balaban J connectivity index is 1.41. The minimum Gasteiger partial charge on any atom is -0.465 e. The largest absolute Gasteiger partial charge is 0.465 e. The monoisotopic (exact) mass is 478 g/mol. The van der Waals surface area contributed by atoms with Gasteiger partial charge in [0.1, 0.15) is 10.6 Å². The highest BCUT2D eigenvalue weighted by Gasteiger charge is 2.19. The van der Waals surface area contributed by atoms with E-state index in [0.29, 0.717) is 35.0 Å². The highest BCUT2D eigenvalue weighted by molar-refractivity contribution is 7.21. The molecule has 0 aliphatic carbocycles. The summed E-state index contributed by atoms with van der Waals surface area (Å²) in [7, 11) is 1.30. The molecule has 0 radical (unpaired) electrons. The second-order valence-corrected chi connectivity index (χ2v) is 8.74. The molecule has 1 N–H and O–H groups in total. The number of pyridine rings is 2. The molecule has 5 rings (SSSR count). The van der Waals surface area contributed by atoms with Crippen LogP contribution in [0.25, 0.3) is 15.3 Å². The number of carbonyl (C=O) groups excluding carboxylic acids is 2. The number of amides is 1. The lowest BCUT2D eigenvalue weighted by atomic mass is 10.2. The molecule has 34 heavy (non-hydrogen) atoms. The molecule has 4 aromatic heterocycles. The smallest absolute Gasteiger partial charge is 0.339 e. The molecule has 0 aromatic carbocycles. The number of aryl methyl sites for hydroxylation is 1. The van der Waals surface area contributed by atoms with Crippen molar-refractivity contribution < 1.29 is 19.1 Å². The summed E-state index contributed by atoms with van der Waals surface area (Å²) in [6, 6.07) is 5.54. The number of hydrogen-bond donors (Lipinski definition) is 1. The Morgan fingerprint density at radius 3 is 2.79 bits per heavy atom. The molecule has 0 saturated carbocycles. The SMILES string of the molecule is COC(=O)c1cnc(C)c(NC(=O)c2cnn3cc(-c4ccnc(N5CCOCC5)c4)sc23)c1. The first-order chi connectivity index (χ1) is 16.5. The molecule has 0 spiro atoms. The Labute approximate surface area is 199 Å². The normalized spacial score (nSPS) is 13.8. The number of thiazole rings is 1. The molecule has 0 bridgehead atoms. The zero-order valence-electron chi connectivity index (χ0n) is 18.6. The van der Waals surface area contributed by atoms with Crippen LogP contribution in [0.1, 0.15) is 26.4 Å². The molecule has 1 aliphatic rings. The molecule has 0 unspecified atom stereocenters. The zero-order chi connectivity index (χ0) is 23.7. The number of ether oxygens (including phenoxy) is 2. The number of hydrogen-bond acceptors (Lipinski definition) is 9. The molecule has 1 amide bonds. The third kappa shape index (κ3) is 4.22. The number of carbonyl (C=O) groups is 2. The van der Waals surface area contributed by atoms with Gasteiger partial charge in [0, 0.05) is 31.7 Å². The number of aromatic nitrogens is 4. The Kier molecular flexibility index (Phi) is 5.95. The van der Waals surface area contributed by atoms with Crippen molar-refractivity contribution in [2.45, 2.75) is 6.92 Å². The minimum atomic E-state index is -0.521. The lowest BCUT2D eigenvalue weighted by molar-refractivity contribution is 0.0600. The molecule has 1 aliphatic heterocycles. The molecule has 1 fully saturated rings. The molecule has 4 aromatic rings. The van der Waals surface area contributed by atoms with Gasteiger partial charge in [-0.3, -0.25) is 9.78 Å². The van der Waals surface area contributed by atoms with E-state index < -0.39 is 5.97 Å². The highest BCUT2D eigenvalue weighted by atomic mass is 32.1. The van der Waals surface area contributed by atoms with Crippen LogP contribution in [0.5, 0.6) is 0 Å². The fraction of sp³-hybridized carbons (Fsp3) is 0.261. The molecule has 174 valence electrons. The van der Waals surface area contributed by atoms with E-state index in [1.807, 2.05) is 18.3 Å². The number of morpholine rings is 1. The molecular weight excluding hydrogens is 456 g/mol. The predicted octanol–water partition coefficient (Wildman–Crippen LogP) is 3.04. The van der Waals surface area contributed by atoms with Gasteiger partial charge in [-0.05, 0) is 30.7 Å². The van der Waals surface area contributed by atoms with E-state index in [2.05, 4.69) is 25.3 Å². The van der Waals surface area contributed by atoms with Crippen molar-refractivity contribution in [3.63, 3.8) is 0 Å². The van der Waals surface area contributed by atoms with E-state index in [-0.39, 0.29) is 11.5 Å². The van der Waals surface area contributed by atoms with Crippen LogP contribution in [-0.4, -0.2) is 64.9 Å². The van der Waals surface area contributed by atoms with Crippen LogP contribution in [0.2, 0.25) is 0 Å². The topological polar surface area (TPSA) is 111 Å². The van der Waals surface area contributed by atoms with Crippen LogP contribution in [0, 0.1) is 6.92 Å². The number of esters is 1. The quantitative estimate of drug-likeness (QED) is 0.436. The maximum absolute atomic E-state index is 13.1. The van der Waals surface area contributed by atoms with E-state index in [0.717, 1.165) is 29.3 Å². The maximum atomic E-state index is 13.1. The second kappa shape index (κ2) is 9.20. The van der Waals surface area contributed by atoms with Crippen LogP contribution < -0.4 is 10.2 Å². The Hall–Kier alpha value is -3.83. The second-order valence-electron chi connectivity index (χ2n) is 7.71. The van der Waals surface area contributed by atoms with Crippen molar-refractivity contribution in [3.05, 3.63) is 59.8 Å². The van der Waals surface area contributed by atoms with E-state index in [4.69, 9.17) is 9.47 Å². The number of rotatable bonds is 5. The first kappa shape index (κ1) is 22.0. The summed E-state index contributed by atoms with van der Waals surface area (Å²) in [5.41, 5.74) is 2.72. The van der Waals surface area contributed by atoms with Crippen molar-refractivity contribution >= 4 is 39.5 Å². The molecule has 5 heterocycles. The van der Waals surface area contributed by atoms with E-state index in [1.165, 1.54) is 30.8 Å². The molecule has 11 heteroatoms. The van der Waals surface area contributed by atoms with Crippen molar-refractivity contribution in [2.75, 3.05) is 43.6 Å². The molecule has 1 saturated heterocycles. The van der Waals surface area contributed by atoms with Gasteiger partial charge in [0.2, 0.25) is 0 Å². The number of nitrogens with one attached hydrogen (secondary N) is 1. The van der Waals surface area contributed by atoms with Gasteiger partial charge in [-0.25, -0.2) is 14.3 Å². The van der Waals surface area contributed by atoms with Gasteiger partial charge in [0.15, 0.2) is 0 Å². The fourth-order valence-electron chi connectivity index (χ4n) is 3.69. The summed E-state index contributed by atoms with van der Waals surface area (Å²) < 4.78 is 11.9. The lowest BCUT2D eigenvalue weighted by Gasteiger charge is -2.27. The summed E-state index contributed by atoms with van der Waals surface area (Å²) >= 11 is 1.47. The summed E-state index contributed by atoms with van der Waals surface area (Å²) in [6.45, 7) is 4.74. The third-order valence-corrected chi connectivity index (χ3v) is 6.72. The fourth-order valence-corrected chi connectivity index (χ4v) is 4.75. The average molecular weight is 479 g/mol. The molecule has 10 nitrogen and oxygen atoms in total. The van der Waals surface area contributed by atoms with Crippen LogP contribution >= 0.6 is 11.3 Å². The maximum Gasteiger partial charge on any atom is 0.339 e. The van der Waals surface area contributed by atoms with Gasteiger partial charge in [-0.1, -0.05) is 0 Å². The van der Waals surface area contributed by atoms with Gasteiger partial charge in [0.25, 0.3) is 5.91 Å². The predicted molar refractivity (Wildman–Crippen MR) is 128 cm³/mol. The third-order valence-electron chi connectivity index (χ3n) is 5.56. The Morgan fingerprint density at radius 2 is 2.00 bits per heavy atom. The Bertz CT molecular complexity index is 1380.